The monoisotopic (exact) mass is 290 g/mol. The molecule has 0 aliphatic heterocycles. The maximum Gasteiger partial charge on any atom is 0.466 e. The molecule has 0 unspecified atom stereocenters. The summed E-state index contributed by atoms with van der Waals surface area (Å²) >= 11 is 15.0. The van der Waals surface area contributed by atoms with E-state index in [2.05, 4.69) is 0 Å². The van der Waals surface area contributed by atoms with Gasteiger partial charge in [0.2, 0.25) is 0 Å². The Morgan fingerprint density at radius 3 is 0.857 bits per heavy atom. The van der Waals surface area contributed by atoms with Crippen molar-refractivity contribution in [2.45, 2.75) is 20.8 Å². The first-order valence-corrected chi connectivity index (χ1v) is 6.87. The van der Waals surface area contributed by atoms with Crippen molar-refractivity contribution in [2.75, 3.05) is 17.6 Å². The molecule has 0 saturated heterocycles. The largest absolute Gasteiger partial charge is 0.466 e. The van der Waals surface area contributed by atoms with Crippen molar-refractivity contribution in [1.82, 2.24) is 0 Å². The predicted octanol–water partition coefficient (Wildman–Crippen LogP) is 2.81. The average molecular weight is 292 g/mol. The van der Waals surface area contributed by atoms with E-state index in [1.807, 2.05) is 20.8 Å². The highest BCUT2D eigenvalue weighted by atomic mass is 35.5. The standard InChI is InChI=1S/3C2H5Cl.H3O4P/c3*1-2-3;1-5(2,3)4/h3*2H2,1H3;(H3,1,2,3,4). The first kappa shape index (κ1) is 24.3. The van der Waals surface area contributed by atoms with Crippen molar-refractivity contribution >= 4 is 42.6 Å². The van der Waals surface area contributed by atoms with E-state index in [0.717, 1.165) is 17.6 Å². The van der Waals surface area contributed by atoms with Crippen LogP contribution in [-0.4, -0.2) is 32.3 Å². The second-order valence-corrected chi connectivity index (χ2v) is 3.95. The summed E-state index contributed by atoms with van der Waals surface area (Å²) in [4.78, 5) is 21.6. The lowest BCUT2D eigenvalue weighted by Crippen LogP contribution is -1.66. The van der Waals surface area contributed by atoms with Gasteiger partial charge >= 0.3 is 7.82 Å². The van der Waals surface area contributed by atoms with Crippen molar-refractivity contribution in [3.63, 3.8) is 0 Å². The minimum atomic E-state index is -4.64. The Labute approximate surface area is 100 Å². The van der Waals surface area contributed by atoms with Gasteiger partial charge < -0.3 is 14.7 Å². The summed E-state index contributed by atoms with van der Waals surface area (Å²) in [5, 5.41) is 0. The highest BCUT2D eigenvalue weighted by Crippen LogP contribution is 2.25. The lowest BCUT2D eigenvalue weighted by Gasteiger charge is -1.82. The third-order valence-corrected chi connectivity index (χ3v) is 0. The zero-order chi connectivity index (χ0) is 12.6. The maximum atomic E-state index is 8.88. The van der Waals surface area contributed by atoms with Crippen LogP contribution in [0.4, 0.5) is 0 Å². The van der Waals surface area contributed by atoms with Gasteiger partial charge in [-0.15, -0.1) is 34.8 Å². The van der Waals surface area contributed by atoms with Crippen LogP contribution in [0, 0.1) is 0 Å². The van der Waals surface area contributed by atoms with Crippen LogP contribution in [-0.2, 0) is 4.57 Å². The number of hydrogen-bond donors (Lipinski definition) is 3. The zero-order valence-corrected chi connectivity index (χ0v) is 11.6. The number of halogens is 3. The van der Waals surface area contributed by atoms with E-state index in [1.165, 1.54) is 0 Å². The topological polar surface area (TPSA) is 77.8 Å². The van der Waals surface area contributed by atoms with Crippen LogP contribution < -0.4 is 0 Å². The molecule has 0 aromatic carbocycles. The van der Waals surface area contributed by atoms with E-state index in [1.54, 1.807) is 0 Å². The van der Waals surface area contributed by atoms with Gasteiger partial charge in [-0.05, 0) is 0 Å². The van der Waals surface area contributed by atoms with Crippen molar-refractivity contribution in [3.05, 3.63) is 0 Å². The molecule has 0 fully saturated rings. The lowest BCUT2D eigenvalue weighted by molar-refractivity contribution is 0.275. The Bertz CT molecular complexity index is 96.2. The highest BCUT2D eigenvalue weighted by Gasteiger charge is 2.00. The smallest absolute Gasteiger partial charge is 0.303 e. The molecule has 4 nitrogen and oxygen atoms in total. The Morgan fingerprint density at radius 2 is 0.857 bits per heavy atom. The molecule has 0 amide bonds. The molecule has 14 heavy (non-hydrogen) atoms. The van der Waals surface area contributed by atoms with Gasteiger partial charge in [0, 0.05) is 17.6 Å². The summed E-state index contributed by atoms with van der Waals surface area (Å²) in [6.45, 7) is 5.67. The number of hydrogen-bond acceptors (Lipinski definition) is 1. The summed E-state index contributed by atoms with van der Waals surface area (Å²) in [6, 6.07) is 0. The number of phosphoric acid groups is 1. The van der Waals surface area contributed by atoms with Crippen LogP contribution in [0.25, 0.3) is 0 Å². The molecule has 92 valence electrons. The van der Waals surface area contributed by atoms with Gasteiger partial charge in [-0.25, -0.2) is 4.57 Å². The van der Waals surface area contributed by atoms with Gasteiger partial charge in [0.25, 0.3) is 0 Å². The number of rotatable bonds is 0. The molecule has 0 aliphatic rings. The van der Waals surface area contributed by atoms with Gasteiger partial charge in [-0.2, -0.15) is 0 Å². The quantitative estimate of drug-likeness (QED) is 0.474. The average Bonchev–Trinajstić information content (AvgIpc) is 1.86. The molecular weight excluding hydrogens is 273 g/mol. The molecule has 8 heteroatoms. The molecule has 0 radical (unpaired) electrons. The van der Waals surface area contributed by atoms with Crippen LogP contribution >= 0.6 is 42.6 Å². The molecule has 0 aromatic rings. The summed E-state index contributed by atoms with van der Waals surface area (Å²) in [5.41, 5.74) is 0. The zero-order valence-electron chi connectivity index (χ0n) is 8.45. The highest BCUT2D eigenvalue weighted by molar-refractivity contribution is 7.45. The lowest BCUT2D eigenvalue weighted by atomic mass is 11.0. The van der Waals surface area contributed by atoms with Gasteiger partial charge in [-0.1, -0.05) is 20.8 Å². The minimum Gasteiger partial charge on any atom is -0.303 e. The van der Waals surface area contributed by atoms with Crippen molar-refractivity contribution in [3.8, 4) is 0 Å². The van der Waals surface area contributed by atoms with Crippen molar-refractivity contribution < 1.29 is 19.2 Å². The van der Waals surface area contributed by atoms with Crippen LogP contribution in [0.2, 0.25) is 0 Å². The SMILES string of the molecule is CCCl.CCCl.CCCl.O=P(O)(O)O. The molecule has 0 bridgehead atoms. The van der Waals surface area contributed by atoms with Crippen molar-refractivity contribution in [2.24, 2.45) is 0 Å². The van der Waals surface area contributed by atoms with E-state index in [4.69, 9.17) is 54.0 Å². The summed E-state index contributed by atoms with van der Waals surface area (Å²) in [6.07, 6.45) is 0. The predicted molar refractivity (Wildman–Crippen MR) is 63.4 cm³/mol. The fourth-order valence-corrected chi connectivity index (χ4v) is 0. The molecule has 0 aromatic heterocycles. The van der Waals surface area contributed by atoms with Crippen LogP contribution in [0.15, 0.2) is 0 Å². The third kappa shape index (κ3) is 1940. The van der Waals surface area contributed by atoms with E-state index in [0.29, 0.717) is 0 Å². The Hall–Kier alpha value is 0.980. The summed E-state index contributed by atoms with van der Waals surface area (Å²) in [7, 11) is -4.64. The normalized spacial score (nSPS) is 8.07. The molecule has 0 atom stereocenters. The molecule has 0 rings (SSSR count). The fraction of sp³-hybridized carbons (Fsp3) is 1.00. The van der Waals surface area contributed by atoms with E-state index in [9.17, 15) is 0 Å². The Kier molecular flexibility index (Phi) is 41.0. The minimum absolute atomic E-state index is 0.722. The summed E-state index contributed by atoms with van der Waals surface area (Å²) < 4.78 is 8.88. The number of alkyl halides is 3. The Morgan fingerprint density at radius 1 is 0.857 bits per heavy atom. The van der Waals surface area contributed by atoms with Gasteiger partial charge in [0.1, 0.15) is 0 Å². The Balaban J connectivity index is -0.0000000495. The van der Waals surface area contributed by atoms with Gasteiger partial charge in [0.05, 0.1) is 0 Å². The van der Waals surface area contributed by atoms with Gasteiger partial charge in [0.15, 0.2) is 0 Å². The van der Waals surface area contributed by atoms with E-state index < -0.39 is 7.82 Å². The van der Waals surface area contributed by atoms with Crippen molar-refractivity contribution in [1.29, 1.82) is 0 Å². The van der Waals surface area contributed by atoms with Crippen LogP contribution in [0.1, 0.15) is 20.8 Å². The molecule has 0 saturated carbocycles. The molecule has 3 N–H and O–H groups in total. The third-order valence-electron chi connectivity index (χ3n) is 0. The van der Waals surface area contributed by atoms with Crippen LogP contribution in [0.3, 0.4) is 0 Å². The summed E-state index contributed by atoms with van der Waals surface area (Å²) in [5.74, 6) is 2.17. The van der Waals surface area contributed by atoms with E-state index in [-0.39, 0.29) is 0 Å². The molecular formula is C6H18Cl3O4P. The molecule has 0 heterocycles. The second kappa shape index (κ2) is 23.6. The van der Waals surface area contributed by atoms with E-state index >= 15 is 0 Å². The van der Waals surface area contributed by atoms with Crippen LogP contribution in [0.5, 0.6) is 0 Å². The molecule has 0 spiro atoms. The van der Waals surface area contributed by atoms with Gasteiger partial charge in [-0.3, -0.25) is 0 Å². The maximum absolute atomic E-state index is 8.88. The first-order valence-electron chi connectivity index (χ1n) is 3.71. The first-order chi connectivity index (χ1) is 6.24. The second-order valence-electron chi connectivity index (χ2n) is 1.32. The molecule has 0 aliphatic carbocycles. The fourth-order valence-electron chi connectivity index (χ4n) is 0.